The number of methoxy groups -OCH3 is 1. The monoisotopic (exact) mass is 502 g/mol. The molecule has 0 saturated heterocycles. The lowest BCUT2D eigenvalue weighted by atomic mass is 9.84. The van der Waals surface area contributed by atoms with Gasteiger partial charge in [-0.25, -0.2) is 0 Å². The van der Waals surface area contributed by atoms with Gasteiger partial charge in [0.1, 0.15) is 5.75 Å². The van der Waals surface area contributed by atoms with Gasteiger partial charge in [0.25, 0.3) is 0 Å². The van der Waals surface area contributed by atoms with Crippen molar-refractivity contribution in [3.05, 3.63) is 46.2 Å². The number of carbonyl (C=O) groups excluding carboxylic acids is 1. The van der Waals surface area contributed by atoms with Crippen molar-refractivity contribution in [3.63, 3.8) is 0 Å². The minimum Gasteiger partial charge on any atom is -0.506 e. The number of fused-ring (bicyclic) bond motifs is 1. The number of esters is 1. The summed E-state index contributed by atoms with van der Waals surface area (Å²) in [5.74, 6) is -0.184. The Kier molecular flexibility index (Phi) is 7.30. The van der Waals surface area contributed by atoms with E-state index in [2.05, 4.69) is 58.4 Å². The zero-order valence-electron chi connectivity index (χ0n) is 19.5. The Morgan fingerprint density at radius 1 is 1.31 bits per heavy atom. The van der Waals surface area contributed by atoms with Crippen LogP contribution in [0.1, 0.15) is 52.0 Å². The Labute approximate surface area is 197 Å². The van der Waals surface area contributed by atoms with Crippen molar-refractivity contribution in [2.24, 2.45) is 5.41 Å². The van der Waals surface area contributed by atoms with Gasteiger partial charge < -0.3 is 19.1 Å². The Hall–Kier alpha value is -2.38. The van der Waals surface area contributed by atoms with Gasteiger partial charge in [-0.05, 0) is 50.1 Å². The number of aryl methyl sites for hydroxylation is 1. The molecule has 0 aliphatic carbocycles. The molecule has 0 saturated carbocycles. The van der Waals surface area contributed by atoms with Gasteiger partial charge in [0, 0.05) is 46.9 Å². The Morgan fingerprint density at radius 2 is 2.03 bits per heavy atom. The molecule has 0 aliphatic heterocycles. The topological polar surface area (TPSA) is 73.6 Å². The second-order valence-corrected chi connectivity index (χ2v) is 9.77. The average Bonchev–Trinajstić information content (AvgIpc) is 3.03. The van der Waals surface area contributed by atoms with Crippen LogP contribution in [0.3, 0.4) is 0 Å². The first kappa shape index (κ1) is 24.3. The van der Waals surface area contributed by atoms with E-state index < -0.39 is 0 Å². The first-order chi connectivity index (χ1) is 15.1. The van der Waals surface area contributed by atoms with Crippen LogP contribution in [-0.4, -0.2) is 34.3 Å². The summed E-state index contributed by atoms with van der Waals surface area (Å²) in [4.78, 5) is 16.0. The van der Waals surface area contributed by atoms with E-state index in [1.165, 1.54) is 13.1 Å². The molecule has 3 rings (SSSR count). The molecule has 0 radical (unpaired) electrons. The third-order valence-corrected chi connectivity index (χ3v) is 6.16. The predicted octanol–water partition coefficient (Wildman–Crippen LogP) is 6.03. The SMILES string of the molecule is CCn1c(-c2cc(O)cnc2C(C)OC)c(CC(C)(C)COC(C)=O)c2cc(Br)ccc21. The lowest BCUT2D eigenvalue weighted by molar-refractivity contribution is -0.143. The zero-order valence-corrected chi connectivity index (χ0v) is 21.1. The Morgan fingerprint density at radius 3 is 2.66 bits per heavy atom. The molecule has 0 fully saturated rings. The summed E-state index contributed by atoms with van der Waals surface area (Å²) in [6.07, 6.45) is 1.88. The zero-order chi connectivity index (χ0) is 23.6. The summed E-state index contributed by atoms with van der Waals surface area (Å²) in [6, 6.07) is 8.02. The quantitative estimate of drug-likeness (QED) is 0.380. The van der Waals surface area contributed by atoms with Gasteiger partial charge in [-0.3, -0.25) is 9.78 Å². The number of aromatic nitrogens is 2. The maximum atomic E-state index is 11.4. The highest BCUT2D eigenvalue weighted by Crippen LogP contribution is 2.42. The van der Waals surface area contributed by atoms with Gasteiger partial charge in [-0.15, -0.1) is 0 Å². The van der Waals surface area contributed by atoms with Gasteiger partial charge in [0.2, 0.25) is 0 Å². The number of aromatic hydroxyl groups is 1. The molecule has 1 atom stereocenters. The second kappa shape index (κ2) is 9.63. The van der Waals surface area contributed by atoms with Gasteiger partial charge in [-0.1, -0.05) is 29.8 Å². The van der Waals surface area contributed by atoms with Crippen molar-refractivity contribution in [3.8, 4) is 17.0 Å². The number of nitrogens with zero attached hydrogens (tertiary/aromatic N) is 2. The molecule has 7 heteroatoms. The maximum absolute atomic E-state index is 11.4. The molecule has 1 unspecified atom stereocenters. The number of halogens is 1. The van der Waals surface area contributed by atoms with E-state index in [1.54, 1.807) is 13.2 Å². The Balaban J connectivity index is 2.32. The number of rotatable bonds is 8. The molecule has 1 N–H and O–H groups in total. The average molecular weight is 503 g/mol. The Bertz CT molecular complexity index is 1140. The molecule has 0 spiro atoms. The van der Waals surface area contributed by atoms with Crippen LogP contribution < -0.4 is 0 Å². The molecule has 2 aromatic heterocycles. The molecular weight excluding hydrogens is 472 g/mol. The van der Waals surface area contributed by atoms with Gasteiger partial charge in [0.05, 0.1) is 30.3 Å². The number of ether oxygens (including phenoxy) is 2. The maximum Gasteiger partial charge on any atom is 0.302 e. The second-order valence-electron chi connectivity index (χ2n) is 8.86. The van der Waals surface area contributed by atoms with Gasteiger partial charge in [-0.2, -0.15) is 0 Å². The van der Waals surface area contributed by atoms with E-state index in [9.17, 15) is 9.90 Å². The molecule has 1 aromatic carbocycles. The lowest BCUT2D eigenvalue weighted by Crippen LogP contribution is -2.24. The predicted molar refractivity (Wildman–Crippen MR) is 130 cm³/mol. The minimum atomic E-state index is -0.299. The smallest absolute Gasteiger partial charge is 0.302 e. The normalized spacial score (nSPS) is 12.8. The van der Waals surface area contributed by atoms with Crippen LogP contribution in [0.25, 0.3) is 22.2 Å². The first-order valence-corrected chi connectivity index (χ1v) is 11.5. The summed E-state index contributed by atoms with van der Waals surface area (Å²) in [6.45, 7) is 10.7. The highest BCUT2D eigenvalue weighted by Gasteiger charge is 2.29. The molecule has 0 aliphatic rings. The third kappa shape index (κ3) is 4.99. The van der Waals surface area contributed by atoms with Crippen LogP contribution >= 0.6 is 15.9 Å². The summed E-state index contributed by atoms with van der Waals surface area (Å²) < 4.78 is 14.2. The molecule has 0 amide bonds. The van der Waals surface area contributed by atoms with Gasteiger partial charge >= 0.3 is 5.97 Å². The number of carbonyl (C=O) groups is 1. The van der Waals surface area contributed by atoms with Crippen molar-refractivity contribution in [1.82, 2.24) is 9.55 Å². The van der Waals surface area contributed by atoms with Crippen molar-refractivity contribution in [1.29, 1.82) is 0 Å². The van der Waals surface area contributed by atoms with Crippen LogP contribution in [0, 0.1) is 5.41 Å². The fourth-order valence-corrected chi connectivity index (χ4v) is 4.49. The molecule has 3 aromatic rings. The van der Waals surface area contributed by atoms with E-state index in [1.807, 2.05) is 13.0 Å². The van der Waals surface area contributed by atoms with Crippen molar-refractivity contribution < 1.29 is 19.4 Å². The van der Waals surface area contributed by atoms with E-state index in [4.69, 9.17) is 9.47 Å². The molecule has 6 nitrogen and oxygen atoms in total. The van der Waals surface area contributed by atoms with E-state index >= 15 is 0 Å². The first-order valence-electron chi connectivity index (χ1n) is 10.7. The number of hydrogen-bond acceptors (Lipinski definition) is 5. The van der Waals surface area contributed by atoms with Crippen molar-refractivity contribution in [2.75, 3.05) is 13.7 Å². The fourth-order valence-electron chi connectivity index (χ4n) is 4.13. The molecular formula is C25H31BrN2O4. The number of pyridine rings is 1. The number of benzene rings is 1. The van der Waals surface area contributed by atoms with Crippen LogP contribution in [0.2, 0.25) is 0 Å². The number of hydrogen-bond donors (Lipinski definition) is 1. The highest BCUT2D eigenvalue weighted by molar-refractivity contribution is 9.10. The van der Waals surface area contributed by atoms with Gasteiger partial charge in [0.15, 0.2) is 0 Å². The van der Waals surface area contributed by atoms with Crippen molar-refractivity contribution in [2.45, 2.75) is 53.7 Å². The highest BCUT2D eigenvalue weighted by atomic mass is 79.9. The van der Waals surface area contributed by atoms with E-state index in [-0.39, 0.29) is 23.2 Å². The third-order valence-electron chi connectivity index (χ3n) is 5.67. The molecule has 0 bridgehead atoms. The summed E-state index contributed by atoms with van der Waals surface area (Å²) >= 11 is 3.62. The molecule has 2 heterocycles. The summed E-state index contributed by atoms with van der Waals surface area (Å²) in [5, 5.41) is 11.4. The van der Waals surface area contributed by atoms with E-state index in [0.29, 0.717) is 13.0 Å². The van der Waals surface area contributed by atoms with Crippen LogP contribution in [0.15, 0.2) is 34.9 Å². The molecule has 32 heavy (non-hydrogen) atoms. The van der Waals surface area contributed by atoms with Crippen molar-refractivity contribution >= 4 is 32.8 Å². The minimum absolute atomic E-state index is 0.103. The summed E-state index contributed by atoms with van der Waals surface area (Å²) in [7, 11) is 1.65. The summed E-state index contributed by atoms with van der Waals surface area (Å²) in [5.41, 5.74) is 4.53. The largest absolute Gasteiger partial charge is 0.506 e. The van der Waals surface area contributed by atoms with Crippen LogP contribution in [-0.2, 0) is 27.2 Å². The van der Waals surface area contributed by atoms with E-state index in [0.717, 1.165) is 44.4 Å². The standard InChI is InChI=1S/C25H31BrN2O4/c1-7-28-22-9-8-17(26)10-19(22)21(12-25(4,5)14-32-16(3)29)24(28)20-11-18(30)13-27-23(20)15(2)31-6/h8-11,13,15,30H,7,12,14H2,1-6H3. The fraction of sp³-hybridized carbons (Fsp3) is 0.440. The lowest BCUT2D eigenvalue weighted by Gasteiger charge is -2.25. The van der Waals surface area contributed by atoms with Crippen LogP contribution in [0.4, 0.5) is 0 Å². The van der Waals surface area contributed by atoms with Crippen LogP contribution in [0.5, 0.6) is 5.75 Å². The molecule has 172 valence electrons.